The molecule has 1 rings (SSSR count). The summed E-state index contributed by atoms with van der Waals surface area (Å²) < 4.78 is 0. The van der Waals surface area contributed by atoms with E-state index in [4.69, 9.17) is 0 Å². The third-order valence-electron chi connectivity index (χ3n) is 2.43. The molecular formula is C11H17N. The molecule has 1 atom stereocenters. The topological polar surface area (TPSA) is 12.9 Å². The molecule has 0 saturated heterocycles. The van der Waals surface area contributed by atoms with E-state index in [9.17, 15) is 0 Å². The van der Waals surface area contributed by atoms with E-state index >= 15 is 0 Å². The van der Waals surface area contributed by atoms with Gasteiger partial charge >= 0.3 is 0 Å². The van der Waals surface area contributed by atoms with E-state index in [2.05, 4.69) is 31.8 Å². The molecule has 0 aromatic carbocycles. The highest BCUT2D eigenvalue weighted by Crippen LogP contribution is 2.21. The van der Waals surface area contributed by atoms with Crippen LogP contribution >= 0.6 is 0 Å². The van der Waals surface area contributed by atoms with Crippen LogP contribution in [0.2, 0.25) is 0 Å². The first-order chi connectivity index (χ1) is 5.65. The highest BCUT2D eigenvalue weighted by atomic mass is 14.7. The number of hydrogen-bond donors (Lipinski definition) is 0. The van der Waals surface area contributed by atoms with E-state index in [1.54, 1.807) is 0 Å². The molecule has 1 heteroatoms. The van der Waals surface area contributed by atoms with Crippen molar-refractivity contribution in [2.75, 3.05) is 0 Å². The van der Waals surface area contributed by atoms with Crippen molar-refractivity contribution in [3.05, 3.63) is 29.1 Å². The molecule has 1 unspecified atom stereocenters. The molecule has 0 fully saturated rings. The zero-order valence-corrected chi connectivity index (χ0v) is 8.39. The van der Waals surface area contributed by atoms with Crippen LogP contribution in [0.4, 0.5) is 0 Å². The number of nitrogens with zero attached hydrogens (tertiary/aromatic N) is 1. The van der Waals surface area contributed by atoms with Crippen molar-refractivity contribution in [3.63, 3.8) is 0 Å². The number of hydrogen-bond acceptors (Lipinski definition) is 1. The Bertz CT molecular complexity index is 266. The molecule has 0 saturated carbocycles. The molecule has 0 N–H and O–H groups in total. The lowest BCUT2D eigenvalue weighted by atomic mass is 9.96. The van der Waals surface area contributed by atoms with Crippen molar-refractivity contribution >= 4 is 0 Å². The van der Waals surface area contributed by atoms with Crippen LogP contribution in [0, 0.1) is 13.8 Å². The summed E-state index contributed by atoms with van der Waals surface area (Å²) >= 11 is 0. The van der Waals surface area contributed by atoms with Gasteiger partial charge in [0.1, 0.15) is 0 Å². The van der Waals surface area contributed by atoms with Crippen molar-refractivity contribution in [3.8, 4) is 0 Å². The maximum absolute atomic E-state index is 4.31. The predicted octanol–water partition coefficient (Wildman–Crippen LogP) is 3.21. The molecule has 0 aliphatic carbocycles. The molecule has 0 radical (unpaired) electrons. The second-order valence-electron chi connectivity index (χ2n) is 3.49. The van der Waals surface area contributed by atoms with E-state index in [0.717, 1.165) is 5.69 Å². The number of rotatable bonds is 2. The first-order valence-corrected chi connectivity index (χ1v) is 4.58. The van der Waals surface area contributed by atoms with Crippen molar-refractivity contribution in [1.29, 1.82) is 0 Å². The molecule has 0 spiro atoms. The zero-order chi connectivity index (χ0) is 9.14. The summed E-state index contributed by atoms with van der Waals surface area (Å²) in [6.45, 7) is 8.66. The van der Waals surface area contributed by atoms with Gasteiger partial charge in [0.25, 0.3) is 0 Å². The molecule has 1 nitrogen and oxygen atoms in total. The minimum absolute atomic E-state index is 0.637. The second kappa shape index (κ2) is 3.70. The lowest BCUT2D eigenvalue weighted by Crippen LogP contribution is -1.97. The maximum atomic E-state index is 4.31. The van der Waals surface area contributed by atoms with Crippen LogP contribution in [0.3, 0.4) is 0 Å². The van der Waals surface area contributed by atoms with Gasteiger partial charge in [0, 0.05) is 11.9 Å². The fourth-order valence-electron chi connectivity index (χ4n) is 1.44. The average molecular weight is 163 g/mol. The normalized spacial score (nSPS) is 13.0. The van der Waals surface area contributed by atoms with Crippen molar-refractivity contribution < 1.29 is 0 Å². The number of aryl methyl sites for hydroxylation is 2. The Morgan fingerprint density at radius 2 is 2.08 bits per heavy atom. The largest absolute Gasteiger partial charge is 0.261 e. The number of aromatic nitrogens is 1. The van der Waals surface area contributed by atoms with Crippen molar-refractivity contribution in [2.45, 2.75) is 40.0 Å². The summed E-state index contributed by atoms with van der Waals surface area (Å²) in [6.07, 6.45) is 3.20. The van der Waals surface area contributed by atoms with Crippen LogP contribution in [0.15, 0.2) is 12.3 Å². The highest BCUT2D eigenvalue weighted by molar-refractivity contribution is 5.27. The Hall–Kier alpha value is -0.850. The molecule has 66 valence electrons. The fourth-order valence-corrected chi connectivity index (χ4v) is 1.44. The lowest BCUT2D eigenvalue weighted by molar-refractivity contribution is 0.723. The highest BCUT2D eigenvalue weighted by Gasteiger charge is 2.05. The van der Waals surface area contributed by atoms with Crippen molar-refractivity contribution in [2.24, 2.45) is 0 Å². The Morgan fingerprint density at radius 3 is 2.58 bits per heavy atom. The van der Waals surface area contributed by atoms with E-state index in [0.29, 0.717) is 5.92 Å². The monoisotopic (exact) mass is 163 g/mol. The van der Waals surface area contributed by atoms with Crippen molar-refractivity contribution in [1.82, 2.24) is 4.98 Å². The van der Waals surface area contributed by atoms with Gasteiger partial charge in [-0.05, 0) is 43.4 Å². The Labute approximate surface area is 74.8 Å². The van der Waals surface area contributed by atoms with Gasteiger partial charge < -0.3 is 0 Å². The van der Waals surface area contributed by atoms with E-state index in [-0.39, 0.29) is 0 Å². The quantitative estimate of drug-likeness (QED) is 0.652. The third kappa shape index (κ3) is 1.84. The molecule has 0 aliphatic heterocycles. The zero-order valence-electron chi connectivity index (χ0n) is 8.39. The van der Waals surface area contributed by atoms with Gasteiger partial charge in [-0.3, -0.25) is 4.98 Å². The van der Waals surface area contributed by atoms with Gasteiger partial charge in [-0.2, -0.15) is 0 Å². The second-order valence-corrected chi connectivity index (χ2v) is 3.49. The van der Waals surface area contributed by atoms with Gasteiger partial charge in [0.2, 0.25) is 0 Å². The van der Waals surface area contributed by atoms with Crippen LogP contribution in [0.1, 0.15) is 43.0 Å². The van der Waals surface area contributed by atoms with Gasteiger partial charge in [-0.25, -0.2) is 0 Å². The summed E-state index contributed by atoms with van der Waals surface area (Å²) in [5.74, 6) is 0.637. The molecule has 1 aromatic heterocycles. The predicted molar refractivity (Wildman–Crippen MR) is 52.4 cm³/mol. The first-order valence-electron chi connectivity index (χ1n) is 4.58. The van der Waals surface area contributed by atoms with Crippen LogP contribution in [-0.2, 0) is 0 Å². The van der Waals surface area contributed by atoms with Crippen LogP contribution in [0.5, 0.6) is 0 Å². The summed E-state index contributed by atoms with van der Waals surface area (Å²) in [5, 5.41) is 0. The molecule has 1 aromatic rings. The smallest absolute Gasteiger partial charge is 0.0375 e. The summed E-state index contributed by atoms with van der Waals surface area (Å²) in [5.41, 5.74) is 3.87. The molecule has 0 aliphatic rings. The molecule has 0 amide bonds. The standard InChI is InChI=1S/C11H17N/c1-5-8(2)11-7-12-10(4)6-9(11)3/h6-8H,5H2,1-4H3. The summed E-state index contributed by atoms with van der Waals surface area (Å²) in [6, 6.07) is 2.15. The average Bonchev–Trinajstić information content (AvgIpc) is 2.03. The van der Waals surface area contributed by atoms with Gasteiger partial charge in [0.05, 0.1) is 0 Å². The Morgan fingerprint density at radius 1 is 1.42 bits per heavy atom. The SMILES string of the molecule is CCC(C)c1cnc(C)cc1C. The van der Waals surface area contributed by atoms with E-state index in [1.165, 1.54) is 17.5 Å². The van der Waals surface area contributed by atoms with Crippen LogP contribution in [0.25, 0.3) is 0 Å². The molecule has 0 bridgehead atoms. The van der Waals surface area contributed by atoms with Gasteiger partial charge in [0.15, 0.2) is 0 Å². The minimum Gasteiger partial charge on any atom is -0.261 e. The summed E-state index contributed by atoms with van der Waals surface area (Å²) in [4.78, 5) is 4.31. The molecule has 12 heavy (non-hydrogen) atoms. The third-order valence-corrected chi connectivity index (χ3v) is 2.43. The van der Waals surface area contributed by atoms with Crippen LogP contribution < -0.4 is 0 Å². The Kier molecular flexibility index (Phi) is 2.85. The molecule has 1 heterocycles. The first kappa shape index (κ1) is 9.24. The lowest BCUT2D eigenvalue weighted by Gasteiger charge is -2.11. The number of pyridine rings is 1. The van der Waals surface area contributed by atoms with E-state index in [1.807, 2.05) is 13.1 Å². The maximum Gasteiger partial charge on any atom is 0.0375 e. The van der Waals surface area contributed by atoms with Gasteiger partial charge in [-0.15, -0.1) is 0 Å². The summed E-state index contributed by atoms with van der Waals surface area (Å²) in [7, 11) is 0. The fraction of sp³-hybridized carbons (Fsp3) is 0.545. The van der Waals surface area contributed by atoms with Gasteiger partial charge in [-0.1, -0.05) is 13.8 Å². The van der Waals surface area contributed by atoms with E-state index < -0.39 is 0 Å². The molecular weight excluding hydrogens is 146 g/mol. The van der Waals surface area contributed by atoms with Crippen LogP contribution in [-0.4, -0.2) is 4.98 Å². The minimum atomic E-state index is 0.637. The Balaban J connectivity index is 3.01.